The van der Waals surface area contributed by atoms with E-state index in [2.05, 4.69) is 19.1 Å². The van der Waals surface area contributed by atoms with Gasteiger partial charge in [-0.3, -0.25) is 8.75 Å². The maximum absolute atomic E-state index is 14.4. The number of aryl methyl sites for hydroxylation is 1. The normalized spacial score (nSPS) is 27.8. The average Bonchev–Trinajstić information content (AvgIpc) is 3.07. The van der Waals surface area contributed by atoms with E-state index in [1.165, 1.54) is 17.2 Å². The minimum atomic E-state index is -4.22. The van der Waals surface area contributed by atoms with Crippen molar-refractivity contribution in [2.45, 2.75) is 38.0 Å². The number of hydrogen-bond acceptors (Lipinski definition) is 8. The summed E-state index contributed by atoms with van der Waals surface area (Å²) in [7, 11) is -4.22. The van der Waals surface area contributed by atoms with Crippen molar-refractivity contribution in [3.05, 3.63) is 18.3 Å². The van der Waals surface area contributed by atoms with Crippen molar-refractivity contribution in [1.29, 1.82) is 0 Å². The van der Waals surface area contributed by atoms with Crippen molar-refractivity contribution in [1.82, 2.24) is 19.5 Å². The first-order chi connectivity index (χ1) is 11.3. The van der Waals surface area contributed by atoms with Crippen LogP contribution in [0.2, 0.25) is 0 Å². The Bertz CT molecular complexity index is 843. The fourth-order valence-electron chi connectivity index (χ4n) is 2.57. The van der Waals surface area contributed by atoms with Gasteiger partial charge in [0.1, 0.15) is 24.1 Å². The number of rotatable bonds is 5. The quantitative estimate of drug-likeness (QED) is 0.705. The number of aliphatic hydroxyl groups is 1. The van der Waals surface area contributed by atoms with Gasteiger partial charge < -0.3 is 9.84 Å². The summed E-state index contributed by atoms with van der Waals surface area (Å²) >= 11 is 0. The van der Waals surface area contributed by atoms with Crippen LogP contribution in [0.25, 0.3) is 11.2 Å². The van der Waals surface area contributed by atoms with Gasteiger partial charge in [-0.2, -0.15) is 8.42 Å². The van der Waals surface area contributed by atoms with Crippen molar-refractivity contribution in [3.63, 3.8) is 0 Å². The predicted octanol–water partition coefficient (Wildman–Crippen LogP) is -0.795. The lowest BCUT2D eigenvalue weighted by molar-refractivity contribution is -0.0403. The van der Waals surface area contributed by atoms with Crippen LogP contribution in [0.4, 0.5) is 4.39 Å². The largest absolute Gasteiger partial charge is 0.387 e. The summed E-state index contributed by atoms with van der Waals surface area (Å²) < 4.78 is 47.2. The monoisotopic (exact) mass is 361 g/mol. The van der Waals surface area contributed by atoms with E-state index in [4.69, 9.17) is 9.88 Å². The standard InChI is InChI=1S/C12H16FN5O5S/c1-2-6-9-11(16-4-15-6)18(5-17-9)12-8(13)10(19)7(23-12)3-22-24(14,20)21/h4-5,7-8,10,12,19H,2-3H2,1H3,(H2,14,20,21)/t7-,8+,10-,12-/m1/s1. The second kappa shape index (κ2) is 6.29. The van der Waals surface area contributed by atoms with Crippen LogP contribution in [0.15, 0.2) is 12.7 Å². The molecule has 1 saturated heterocycles. The van der Waals surface area contributed by atoms with Gasteiger partial charge in [0, 0.05) is 0 Å². The van der Waals surface area contributed by atoms with E-state index in [0.29, 0.717) is 23.3 Å². The van der Waals surface area contributed by atoms with E-state index in [1.807, 2.05) is 6.92 Å². The molecule has 2 aromatic heterocycles. The van der Waals surface area contributed by atoms with Crippen molar-refractivity contribution < 1.29 is 26.8 Å². The molecule has 2 aromatic rings. The maximum Gasteiger partial charge on any atom is 0.333 e. The molecular formula is C12H16FN5O5S. The van der Waals surface area contributed by atoms with E-state index in [1.54, 1.807) is 0 Å². The maximum atomic E-state index is 14.4. The third-order valence-corrected chi connectivity index (χ3v) is 4.20. The highest BCUT2D eigenvalue weighted by Crippen LogP contribution is 2.34. The van der Waals surface area contributed by atoms with E-state index in [9.17, 15) is 17.9 Å². The number of fused-ring (bicyclic) bond motifs is 1. The molecule has 132 valence electrons. The first-order valence-electron chi connectivity index (χ1n) is 7.13. The van der Waals surface area contributed by atoms with E-state index >= 15 is 0 Å². The van der Waals surface area contributed by atoms with Crippen LogP contribution in [0.3, 0.4) is 0 Å². The highest BCUT2D eigenvalue weighted by molar-refractivity contribution is 7.84. The lowest BCUT2D eigenvalue weighted by Gasteiger charge is -2.15. The molecule has 0 aromatic carbocycles. The summed E-state index contributed by atoms with van der Waals surface area (Å²) in [5.74, 6) is 0. The van der Waals surface area contributed by atoms with Crippen LogP contribution in [0.1, 0.15) is 18.8 Å². The Balaban J connectivity index is 1.87. The fraction of sp³-hybridized carbons (Fsp3) is 0.583. The van der Waals surface area contributed by atoms with Crippen LogP contribution in [-0.2, 0) is 25.6 Å². The van der Waals surface area contributed by atoms with Gasteiger partial charge in [-0.1, -0.05) is 6.92 Å². The molecule has 3 rings (SSSR count). The number of nitrogens with zero attached hydrogens (tertiary/aromatic N) is 4. The van der Waals surface area contributed by atoms with Gasteiger partial charge in [0.15, 0.2) is 18.0 Å². The lowest BCUT2D eigenvalue weighted by atomic mass is 10.1. The Morgan fingerprint density at radius 1 is 1.46 bits per heavy atom. The van der Waals surface area contributed by atoms with Crippen LogP contribution in [0, 0.1) is 0 Å². The zero-order valence-corrected chi connectivity index (χ0v) is 13.4. The minimum Gasteiger partial charge on any atom is -0.387 e. The molecule has 1 aliphatic heterocycles. The first-order valence-corrected chi connectivity index (χ1v) is 8.60. The Hall–Kier alpha value is -1.73. The number of aromatic nitrogens is 4. The average molecular weight is 361 g/mol. The number of hydrogen-bond donors (Lipinski definition) is 2. The minimum absolute atomic E-state index is 0.356. The zero-order valence-electron chi connectivity index (χ0n) is 12.6. The van der Waals surface area contributed by atoms with Gasteiger partial charge in [0.25, 0.3) is 0 Å². The topological polar surface area (TPSA) is 142 Å². The highest BCUT2D eigenvalue weighted by atomic mass is 32.2. The van der Waals surface area contributed by atoms with Crippen LogP contribution < -0.4 is 5.14 Å². The summed E-state index contributed by atoms with van der Waals surface area (Å²) in [5.41, 5.74) is 1.56. The van der Waals surface area contributed by atoms with Crippen molar-refractivity contribution in [3.8, 4) is 0 Å². The number of aliphatic hydroxyl groups excluding tert-OH is 1. The fourth-order valence-corrected chi connectivity index (χ4v) is 2.90. The van der Waals surface area contributed by atoms with Crippen LogP contribution >= 0.6 is 0 Å². The molecule has 0 spiro atoms. The summed E-state index contributed by atoms with van der Waals surface area (Å²) in [6, 6.07) is 0. The molecule has 1 aliphatic rings. The Kier molecular flexibility index (Phi) is 4.48. The summed E-state index contributed by atoms with van der Waals surface area (Å²) in [4.78, 5) is 12.3. The SMILES string of the molecule is CCc1ncnc2c1ncn2[C@@H]1O[C@H](COS(N)(=O)=O)[C@@H](O)[C@@H]1F. The molecule has 3 N–H and O–H groups in total. The van der Waals surface area contributed by atoms with Gasteiger partial charge in [-0.15, -0.1) is 0 Å². The molecule has 0 bridgehead atoms. The first kappa shape index (κ1) is 17.1. The molecule has 24 heavy (non-hydrogen) atoms. The number of alkyl halides is 1. The number of halogens is 1. The highest BCUT2D eigenvalue weighted by Gasteiger charge is 2.46. The molecule has 0 amide bonds. The van der Waals surface area contributed by atoms with Gasteiger partial charge >= 0.3 is 10.3 Å². The molecule has 10 nitrogen and oxygen atoms in total. The molecule has 1 fully saturated rings. The van der Waals surface area contributed by atoms with Crippen LogP contribution in [0.5, 0.6) is 0 Å². The van der Waals surface area contributed by atoms with E-state index < -0.39 is 41.5 Å². The van der Waals surface area contributed by atoms with Crippen molar-refractivity contribution in [2.75, 3.05) is 6.61 Å². The molecular weight excluding hydrogens is 345 g/mol. The number of imidazole rings is 1. The second-order valence-corrected chi connectivity index (χ2v) is 6.50. The Labute approximate surface area is 136 Å². The summed E-state index contributed by atoms with van der Waals surface area (Å²) in [5, 5.41) is 14.6. The molecule has 3 heterocycles. The number of ether oxygens (including phenoxy) is 1. The molecule has 0 aliphatic carbocycles. The Morgan fingerprint density at radius 3 is 2.88 bits per heavy atom. The van der Waals surface area contributed by atoms with E-state index in [0.717, 1.165) is 0 Å². The predicted molar refractivity (Wildman–Crippen MR) is 78.6 cm³/mol. The third kappa shape index (κ3) is 3.10. The van der Waals surface area contributed by atoms with Gasteiger partial charge in [0.05, 0.1) is 18.6 Å². The van der Waals surface area contributed by atoms with E-state index in [-0.39, 0.29) is 0 Å². The summed E-state index contributed by atoms with van der Waals surface area (Å²) in [6.45, 7) is 1.30. The molecule has 4 atom stereocenters. The summed E-state index contributed by atoms with van der Waals surface area (Å²) in [6.07, 6.45) is -2.54. The van der Waals surface area contributed by atoms with Gasteiger partial charge in [0.2, 0.25) is 0 Å². The van der Waals surface area contributed by atoms with Crippen molar-refractivity contribution >= 4 is 21.5 Å². The molecule has 0 saturated carbocycles. The zero-order chi connectivity index (χ0) is 17.5. The Morgan fingerprint density at radius 2 is 2.21 bits per heavy atom. The molecule has 0 unspecified atom stereocenters. The van der Waals surface area contributed by atoms with Crippen molar-refractivity contribution in [2.24, 2.45) is 5.14 Å². The molecule has 0 radical (unpaired) electrons. The number of nitrogens with two attached hydrogens (primary N) is 1. The van der Waals surface area contributed by atoms with Crippen LogP contribution in [-0.4, -0.2) is 58.0 Å². The molecule has 12 heteroatoms. The smallest absolute Gasteiger partial charge is 0.333 e. The van der Waals surface area contributed by atoms with Gasteiger partial charge in [-0.25, -0.2) is 24.5 Å². The second-order valence-electron chi connectivity index (χ2n) is 5.28. The third-order valence-electron chi connectivity index (χ3n) is 3.73. The lowest BCUT2D eigenvalue weighted by Crippen LogP contribution is -2.33. The van der Waals surface area contributed by atoms with Gasteiger partial charge in [-0.05, 0) is 6.42 Å².